The number of carbonyl (C=O) groups is 2. The van der Waals surface area contributed by atoms with Gasteiger partial charge in [-0.3, -0.25) is 4.79 Å². The van der Waals surface area contributed by atoms with Gasteiger partial charge in [-0.25, -0.2) is 4.79 Å². The molecule has 5 nitrogen and oxygen atoms in total. The maximum absolute atomic E-state index is 11.8. The average Bonchev–Trinajstić information content (AvgIpc) is 2.37. The maximum atomic E-state index is 11.8. The quantitative estimate of drug-likeness (QED) is 0.609. The van der Waals surface area contributed by atoms with Crippen LogP contribution < -0.4 is 10.6 Å². The van der Waals surface area contributed by atoms with E-state index < -0.39 is 11.4 Å². The third kappa shape index (κ3) is 6.26. The van der Waals surface area contributed by atoms with Gasteiger partial charge in [0.15, 0.2) is 0 Å². The highest BCUT2D eigenvalue weighted by molar-refractivity contribution is 5.78. The largest absolute Gasteiger partial charge is 0.481 e. The second-order valence-electron chi connectivity index (χ2n) is 5.99. The van der Waals surface area contributed by atoms with Gasteiger partial charge in [-0.2, -0.15) is 0 Å². The predicted molar refractivity (Wildman–Crippen MR) is 80.7 cm³/mol. The smallest absolute Gasteiger partial charge is 0.315 e. The molecular weight excluding hydrogens is 256 g/mol. The third-order valence-corrected chi connectivity index (χ3v) is 3.95. The summed E-state index contributed by atoms with van der Waals surface area (Å²) in [6.07, 6.45) is 2.99. The van der Waals surface area contributed by atoms with E-state index in [4.69, 9.17) is 0 Å². The van der Waals surface area contributed by atoms with Gasteiger partial charge in [0.05, 0.1) is 5.41 Å². The van der Waals surface area contributed by atoms with Crippen LogP contribution in [0.4, 0.5) is 4.79 Å². The first-order valence-electron chi connectivity index (χ1n) is 7.55. The van der Waals surface area contributed by atoms with E-state index in [1.807, 2.05) is 20.8 Å². The normalized spacial score (nSPS) is 13.1. The highest BCUT2D eigenvalue weighted by Gasteiger charge is 2.35. The molecule has 0 aliphatic carbocycles. The third-order valence-electron chi connectivity index (χ3n) is 3.95. The van der Waals surface area contributed by atoms with Gasteiger partial charge in [-0.15, -0.1) is 0 Å². The molecule has 0 saturated carbocycles. The molecule has 0 fully saturated rings. The number of nitrogens with one attached hydrogen (secondary N) is 2. The Morgan fingerprint density at radius 1 is 1.10 bits per heavy atom. The molecule has 1 unspecified atom stereocenters. The van der Waals surface area contributed by atoms with Crippen molar-refractivity contribution in [2.45, 2.75) is 66.3 Å². The van der Waals surface area contributed by atoms with Crippen LogP contribution in [0.15, 0.2) is 0 Å². The summed E-state index contributed by atoms with van der Waals surface area (Å²) in [7, 11) is 0. The zero-order valence-corrected chi connectivity index (χ0v) is 13.5. The van der Waals surface area contributed by atoms with Crippen LogP contribution in [-0.2, 0) is 4.79 Å². The zero-order chi connectivity index (χ0) is 15.8. The zero-order valence-electron chi connectivity index (χ0n) is 13.5. The van der Waals surface area contributed by atoms with Crippen molar-refractivity contribution in [3.63, 3.8) is 0 Å². The molecule has 5 heteroatoms. The summed E-state index contributed by atoms with van der Waals surface area (Å²) >= 11 is 0. The van der Waals surface area contributed by atoms with Crippen molar-refractivity contribution < 1.29 is 14.7 Å². The lowest BCUT2D eigenvalue weighted by molar-refractivity contribution is -0.149. The molecule has 0 aromatic rings. The second kappa shape index (κ2) is 8.82. The number of carbonyl (C=O) groups excluding carboxylic acids is 1. The number of urea groups is 1. The van der Waals surface area contributed by atoms with Crippen molar-refractivity contribution in [3.8, 4) is 0 Å². The first kappa shape index (κ1) is 18.7. The summed E-state index contributed by atoms with van der Waals surface area (Å²) in [5.74, 6) is -0.238. The molecule has 0 aromatic heterocycles. The fourth-order valence-electron chi connectivity index (χ4n) is 2.06. The molecule has 20 heavy (non-hydrogen) atoms. The molecule has 118 valence electrons. The van der Waals surface area contributed by atoms with Crippen LogP contribution in [-0.4, -0.2) is 29.7 Å². The van der Waals surface area contributed by atoms with E-state index in [-0.39, 0.29) is 18.6 Å². The number of carboxylic acid groups (broad SMARTS) is 1. The van der Waals surface area contributed by atoms with Gasteiger partial charge in [0.1, 0.15) is 0 Å². The monoisotopic (exact) mass is 286 g/mol. The highest BCUT2D eigenvalue weighted by Crippen LogP contribution is 2.25. The summed E-state index contributed by atoms with van der Waals surface area (Å²) in [6, 6.07) is -0.186. The van der Waals surface area contributed by atoms with Crippen LogP contribution in [0.25, 0.3) is 0 Å². The number of rotatable bonds is 9. The molecule has 0 spiro atoms. The molecule has 1 atom stereocenters. The van der Waals surface area contributed by atoms with Crippen LogP contribution >= 0.6 is 0 Å². The number of aliphatic carboxylic acids is 1. The molecular formula is C15H30N2O3. The van der Waals surface area contributed by atoms with Crippen LogP contribution in [0.5, 0.6) is 0 Å². The summed E-state index contributed by atoms with van der Waals surface area (Å²) in [5, 5.41) is 14.8. The molecule has 0 aliphatic heterocycles. The molecule has 0 heterocycles. The Hall–Kier alpha value is -1.26. The van der Waals surface area contributed by atoms with E-state index in [1.54, 1.807) is 0 Å². The van der Waals surface area contributed by atoms with Crippen molar-refractivity contribution >= 4 is 12.0 Å². The Labute approximate surface area is 122 Å². The van der Waals surface area contributed by atoms with Gasteiger partial charge in [-0.05, 0) is 38.5 Å². The van der Waals surface area contributed by atoms with Crippen molar-refractivity contribution in [1.29, 1.82) is 0 Å². The first-order valence-corrected chi connectivity index (χ1v) is 7.55. The molecule has 3 N–H and O–H groups in total. The topological polar surface area (TPSA) is 78.4 Å². The summed E-state index contributed by atoms with van der Waals surface area (Å²) < 4.78 is 0. The fraction of sp³-hybridized carbons (Fsp3) is 0.867. The van der Waals surface area contributed by atoms with E-state index in [2.05, 4.69) is 24.5 Å². The van der Waals surface area contributed by atoms with Crippen molar-refractivity contribution in [2.75, 3.05) is 6.54 Å². The van der Waals surface area contributed by atoms with Gasteiger partial charge in [-0.1, -0.05) is 27.7 Å². The fourth-order valence-corrected chi connectivity index (χ4v) is 2.06. The minimum atomic E-state index is -0.863. The molecule has 0 aliphatic rings. The van der Waals surface area contributed by atoms with E-state index in [1.165, 1.54) is 0 Å². The Morgan fingerprint density at radius 3 is 2.05 bits per heavy atom. The van der Waals surface area contributed by atoms with E-state index in [0.29, 0.717) is 18.8 Å². The highest BCUT2D eigenvalue weighted by atomic mass is 16.4. The molecule has 0 rings (SSSR count). The van der Waals surface area contributed by atoms with Crippen LogP contribution in [0.2, 0.25) is 0 Å². The number of hydrogen-bond acceptors (Lipinski definition) is 2. The molecule has 0 radical (unpaired) electrons. The van der Waals surface area contributed by atoms with Crippen molar-refractivity contribution in [2.24, 2.45) is 11.3 Å². The second-order valence-corrected chi connectivity index (χ2v) is 5.99. The molecule has 2 amide bonds. The Kier molecular flexibility index (Phi) is 8.26. The maximum Gasteiger partial charge on any atom is 0.315 e. The Balaban J connectivity index is 4.23. The van der Waals surface area contributed by atoms with Gasteiger partial charge in [0.25, 0.3) is 0 Å². The van der Waals surface area contributed by atoms with Crippen LogP contribution in [0.3, 0.4) is 0 Å². The predicted octanol–water partition coefficient (Wildman–Crippen LogP) is 3.00. The summed E-state index contributed by atoms with van der Waals surface area (Å²) in [5.41, 5.74) is -0.863. The van der Waals surface area contributed by atoms with Gasteiger partial charge in [0, 0.05) is 12.6 Å². The van der Waals surface area contributed by atoms with E-state index in [0.717, 1.165) is 12.8 Å². The average molecular weight is 286 g/mol. The lowest BCUT2D eigenvalue weighted by Crippen LogP contribution is -2.47. The summed E-state index contributed by atoms with van der Waals surface area (Å²) in [6.45, 7) is 10.1. The van der Waals surface area contributed by atoms with Crippen LogP contribution in [0.1, 0.15) is 60.3 Å². The minimum absolute atomic E-state index is 0.0971. The lowest BCUT2D eigenvalue weighted by atomic mass is 9.82. The SMILES string of the molecule is CCC(CC)(CNC(=O)NC(C)CCC(C)C)C(=O)O. The van der Waals surface area contributed by atoms with Crippen molar-refractivity contribution in [3.05, 3.63) is 0 Å². The number of hydrogen-bond donors (Lipinski definition) is 3. The molecule has 0 bridgehead atoms. The van der Waals surface area contributed by atoms with Gasteiger partial charge in [0.2, 0.25) is 0 Å². The van der Waals surface area contributed by atoms with Crippen LogP contribution in [0, 0.1) is 11.3 Å². The number of amides is 2. The number of carboxylic acids is 1. The lowest BCUT2D eigenvalue weighted by Gasteiger charge is -2.27. The van der Waals surface area contributed by atoms with E-state index >= 15 is 0 Å². The standard InChI is InChI=1S/C15H30N2O3/c1-6-15(7-2,13(18)19)10-16-14(20)17-12(5)9-8-11(3)4/h11-12H,6-10H2,1-5H3,(H,18,19)(H2,16,17,20). The van der Waals surface area contributed by atoms with Gasteiger partial charge >= 0.3 is 12.0 Å². The van der Waals surface area contributed by atoms with Crippen molar-refractivity contribution in [1.82, 2.24) is 10.6 Å². The molecule has 0 aromatic carbocycles. The Morgan fingerprint density at radius 2 is 1.65 bits per heavy atom. The Bertz CT molecular complexity index is 312. The van der Waals surface area contributed by atoms with Gasteiger partial charge < -0.3 is 15.7 Å². The van der Waals surface area contributed by atoms with E-state index in [9.17, 15) is 14.7 Å². The summed E-state index contributed by atoms with van der Waals surface area (Å²) in [4.78, 5) is 23.1. The molecule has 0 saturated heterocycles. The minimum Gasteiger partial charge on any atom is -0.481 e. The first-order chi connectivity index (χ1) is 9.27.